The molecule has 8 saturated heterocycles. The van der Waals surface area contributed by atoms with Gasteiger partial charge in [0.2, 0.25) is 23.6 Å². The lowest BCUT2D eigenvalue weighted by atomic mass is 9.94. The molecule has 8 aliphatic heterocycles. The molecule has 0 bridgehead atoms. The van der Waals surface area contributed by atoms with E-state index in [-0.39, 0.29) is 0 Å². The average molecular weight is 1630 g/mol. The third-order valence-electron chi connectivity index (χ3n) is 20.0. The number of hydrogen-bond donors (Lipinski definition) is 29. The Hall–Kier alpha value is -3.76. The van der Waals surface area contributed by atoms with Gasteiger partial charge in [-0.3, -0.25) is 19.2 Å². The van der Waals surface area contributed by atoms with Crippen molar-refractivity contribution in [1.82, 2.24) is 21.3 Å². The SMILES string of the molecule is CC(=O)N[C@H]1[C@H](O[C@@H]([C@H](O)[C@H](CO)NC(C)=O)[C@H](O)CO)O[C@H](CO)[C@@H](O[C@@H]2O[C@H](CO[C@H]3O[C@H](CO)[C@@H](O)[C@H](O)[C@@H]3O[C@@H]3O[C@H](CO)[C@@H](O)[C@H](O)[C@H]3NC(C)=O)[C@@H](O)[C@H](O[C@H]3O[C@H](CO)[C@@H](O)[C@H](O)[C@@H]3O[C@@H]3O[C@H](CO)[C@@H](O[C@@H]4O[C@H](CO)[C@H](O)[C@H](O)[C@H]4O[C@@H]4O[C@@H](C)[C@@H](O)[C@@H](O)[C@@H]4O)[C@H](O)[C@H]3NC(C)=O)[C@@H]2O)[C@@H]1O. The van der Waals surface area contributed by atoms with Crippen LogP contribution in [0.25, 0.3) is 0 Å². The Bertz CT molecular complexity index is 2900. The van der Waals surface area contributed by atoms with Crippen LogP contribution in [0.15, 0.2) is 0 Å². The molecule has 0 saturated carbocycles. The first-order valence-corrected chi connectivity index (χ1v) is 35.4. The summed E-state index contributed by atoms with van der Waals surface area (Å²) in [5.41, 5.74) is 0. The standard InChI is InChI=1S/C62H106N4O45/c1-15-32(80)42(90)46(94)58(97-15)111-54-45(93)37(85)24(10-71)100-61(54)107-50-27(13-74)103-57(31(41(50)89)66-19(5)78)110-53-44(92)36(84)25(11-72)101-62(53)108-51-38(86)28(14-96-60-52(43(91)35(83)23(9-70)99-60)109-55-29(64-17(3)76)39(87)34(82)22(8-69)98-55)104-59(47(51)95)106-49-26(12-73)102-56(30(40(49)88)65-18(4)77)105-48(21(79)7-68)33(81)20(6-67)63-16(2)75/h15,20-62,67-74,79-95H,6-14H2,1-5H3,(H,63,75)(H,64,76)(H,65,77)(H,66,78)/t15-,20-,21+,22+,23+,24+,25+,26+,27+,28+,29+,30+,31+,32+,33+,34+,35+,36+,37-,38+,39+,40+,41+,42+,43-,44-,45-,46-,47-,48+,49+,50+,51-,52-,53-,54+,55-,56-,57-,58-,59-,60-,61-,62+/m0/s1. The highest BCUT2D eigenvalue weighted by Crippen LogP contribution is 2.40. The topological polar surface area (TPSA) is 770 Å². The van der Waals surface area contributed by atoms with Crippen molar-refractivity contribution in [2.75, 3.05) is 59.5 Å². The zero-order valence-electron chi connectivity index (χ0n) is 60.1. The Kier molecular flexibility index (Phi) is 34.3. The monoisotopic (exact) mass is 1630 g/mol. The Morgan fingerprint density at radius 1 is 0.324 bits per heavy atom. The first-order chi connectivity index (χ1) is 52.4. The van der Waals surface area contributed by atoms with E-state index in [0.717, 1.165) is 27.7 Å². The molecule has 44 atom stereocenters. The van der Waals surface area contributed by atoms with Gasteiger partial charge in [0.15, 0.2) is 50.3 Å². The van der Waals surface area contributed by atoms with Crippen LogP contribution in [0.3, 0.4) is 0 Å². The fourth-order valence-corrected chi connectivity index (χ4v) is 14.0. The van der Waals surface area contributed by atoms with Crippen LogP contribution in [0.2, 0.25) is 0 Å². The second-order valence-corrected chi connectivity index (χ2v) is 27.9. The number of rotatable bonds is 32. The van der Waals surface area contributed by atoms with Crippen LogP contribution >= 0.6 is 0 Å². The maximum atomic E-state index is 13.1. The lowest BCUT2D eigenvalue weighted by Crippen LogP contribution is -2.70. The number of nitrogens with one attached hydrogen (secondary N) is 4. The van der Waals surface area contributed by atoms with Crippen molar-refractivity contribution in [3.8, 4) is 0 Å². The van der Waals surface area contributed by atoms with E-state index in [2.05, 4.69) is 21.3 Å². The summed E-state index contributed by atoms with van der Waals surface area (Å²) in [6.45, 7) is -5.01. The van der Waals surface area contributed by atoms with Gasteiger partial charge in [-0.05, 0) is 6.92 Å². The summed E-state index contributed by atoms with van der Waals surface area (Å²) in [5.74, 6) is -3.62. The number of hydrogen-bond acceptors (Lipinski definition) is 45. The normalized spacial score (nSPS) is 46.3. The highest BCUT2D eigenvalue weighted by atomic mass is 16.8. The Morgan fingerprint density at radius 2 is 0.676 bits per heavy atom. The van der Waals surface area contributed by atoms with E-state index in [0.29, 0.717) is 0 Å². The third kappa shape index (κ3) is 21.2. The maximum Gasteiger partial charge on any atom is 0.217 e. The van der Waals surface area contributed by atoms with Gasteiger partial charge in [0.05, 0.1) is 71.6 Å². The van der Waals surface area contributed by atoms with E-state index in [1.165, 1.54) is 6.92 Å². The quantitative estimate of drug-likeness (QED) is 0.0297. The third-order valence-corrected chi connectivity index (χ3v) is 20.0. The molecule has 0 aromatic rings. The van der Waals surface area contributed by atoms with Crippen LogP contribution < -0.4 is 21.3 Å². The van der Waals surface area contributed by atoms with Crippen LogP contribution in [-0.4, -0.2) is 481 Å². The molecule has 8 fully saturated rings. The Balaban J connectivity index is 1.15. The summed E-state index contributed by atoms with van der Waals surface area (Å²) in [5, 5.41) is 287. The molecule has 29 N–H and O–H groups in total. The number of aliphatic hydroxyl groups excluding tert-OH is 25. The minimum absolute atomic E-state index is 0.807. The van der Waals surface area contributed by atoms with Crippen molar-refractivity contribution in [2.45, 2.75) is 304 Å². The van der Waals surface area contributed by atoms with Gasteiger partial charge in [-0.2, -0.15) is 0 Å². The molecule has 8 rings (SSSR count). The lowest BCUT2D eigenvalue weighted by Gasteiger charge is -2.51. The van der Waals surface area contributed by atoms with Crippen molar-refractivity contribution < 1.29 is 223 Å². The van der Waals surface area contributed by atoms with E-state index < -0.39 is 353 Å². The minimum atomic E-state index is -2.59. The average Bonchev–Trinajstić information content (AvgIpc) is 0.771. The Labute approximate surface area is 629 Å². The fraction of sp³-hybridized carbons (Fsp3) is 0.935. The maximum absolute atomic E-state index is 13.1. The molecule has 0 unspecified atom stereocenters. The van der Waals surface area contributed by atoms with Crippen molar-refractivity contribution in [3.63, 3.8) is 0 Å². The smallest absolute Gasteiger partial charge is 0.217 e. The van der Waals surface area contributed by atoms with E-state index in [1.807, 2.05) is 0 Å². The summed E-state index contributed by atoms with van der Waals surface area (Å²) in [7, 11) is 0. The molecule has 4 amide bonds. The van der Waals surface area contributed by atoms with Gasteiger partial charge in [-0.15, -0.1) is 0 Å². The van der Waals surface area contributed by atoms with Crippen molar-refractivity contribution in [1.29, 1.82) is 0 Å². The number of amides is 4. The van der Waals surface area contributed by atoms with Crippen molar-refractivity contribution >= 4 is 23.6 Å². The van der Waals surface area contributed by atoms with E-state index in [4.69, 9.17) is 75.8 Å². The molecule has 0 aromatic heterocycles. The Morgan fingerprint density at radius 3 is 1.11 bits per heavy atom. The zero-order valence-corrected chi connectivity index (χ0v) is 60.1. The molecule has 8 aliphatic rings. The predicted molar refractivity (Wildman–Crippen MR) is 344 cm³/mol. The highest BCUT2D eigenvalue weighted by molar-refractivity contribution is 5.74. The molecular formula is C62H106N4O45. The van der Waals surface area contributed by atoms with Crippen LogP contribution in [0.5, 0.6) is 0 Å². The van der Waals surface area contributed by atoms with Gasteiger partial charge in [0.25, 0.3) is 0 Å². The molecular weight excluding hydrogens is 1520 g/mol. The summed E-state index contributed by atoms with van der Waals surface area (Å²) in [6, 6.07) is -7.37. The zero-order chi connectivity index (χ0) is 82.2. The molecule has 111 heavy (non-hydrogen) atoms. The van der Waals surface area contributed by atoms with Crippen molar-refractivity contribution in [3.05, 3.63) is 0 Å². The molecule has 49 heteroatoms. The molecule has 644 valence electrons. The van der Waals surface area contributed by atoms with Gasteiger partial charge in [-0.25, -0.2) is 0 Å². The van der Waals surface area contributed by atoms with E-state index >= 15 is 0 Å². The molecule has 8 heterocycles. The van der Waals surface area contributed by atoms with Gasteiger partial charge < -0.3 is 225 Å². The first-order valence-electron chi connectivity index (χ1n) is 35.4. The van der Waals surface area contributed by atoms with Crippen LogP contribution in [0.4, 0.5) is 0 Å². The second kappa shape index (κ2) is 41.1. The number of carbonyl (C=O) groups excluding carboxylic acids is 4. The largest absolute Gasteiger partial charge is 0.394 e. The number of aliphatic hydroxyl groups is 25. The minimum Gasteiger partial charge on any atom is -0.394 e. The summed E-state index contributed by atoms with van der Waals surface area (Å²) in [6.07, 6.45) is -83.6. The highest BCUT2D eigenvalue weighted by Gasteiger charge is 2.61. The summed E-state index contributed by atoms with van der Waals surface area (Å²) < 4.78 is 95.2. The number of ether oxygens (including phenoxy) is 16. The van der Waals surface area contributed by atoms with Gasteiger partial charge >= 0.3 is 0 Å². The first kappa shape index (κ1) is 92.7. The van der Waals surface area contributed by atoms with Crippen LogP contribution in [-0.2, 0) is 95.0 Å². The second-order valence-electron chi connectivity index (χ2n) is 27.9. The fourth-order valence-electron chi connectivity index (χ4n) is 14.0. The predicted octanol–water partition coefficient (Wildman–Crippen LogP) is -19.4. The lowest BCUT2D eigenvalue weighted by molar-refractivity contribution is -0.401. The van der Waals surface area contributed by atoms with Crippen LogP contribution in [0, 0.1) is 0 Å². The van der Waals surface area contributed by atoms with Gasteiger partial charge in [0, 0.05) is 27.7 Å². The number of carbonyl (C=O) groups is 4. The molecule has 49 nitrogen and oxygen atoms in total. The summed E-state index contributed by atoms with van der Waals surface area (Å²) in [4.78, 5) is 50.5. The molecule has 0 aliphatic carbocycles. The molecule has 0 radical (unpaired) electrons. The summed E-state index contributed by atoms with van der Waals surface area (Å²) >= 11 is 0. The van der Waals surface area contributed by atoms with Crippen LogP contribution in [0.1, 0.15) is 34.6 Å². The molecule has 0 aromatic carbocycles. The van der Waals surface area contributed by atoms with Gasteiger partial charge in [-0.1, -0.05) is 0 Å². The molecule has 0 spiro atoms. The van der Waals surface area contributed by atoms with Crippen molar-refractivity contribution in [2.24, 2.45) is 0 Å². The van der Waals surface area contributed by atoms with Gasteiger partial charge in [0.1, 0.15) is 207 Å². The van der Waals surface area contributed by atoms with E-state index in [1.54, 1.807) is 0 Å². The van der Waals surface area contributed by atoms with E-state index in [9.17, 15) is 147 Å².